The van der Waals surface area contributed by atoms with Gasteiger partial charge >= 0.3 is 5.16 Å². The number of hydrogen-bond donors (Lipinski definition) is 1. The number of rotatable bonds is 5. The predicted molar refractivity (Wildman–Crippen MR) is 118 cm³/mol. The summed E-state index contributed by atoms with van der Waals surface area (Å²) < 4.78 is 19.4. The first-order valence-electron chi connectivity index (χ1n) is 9.27. The van der Waals surface area contributed by atoms with E-state index in [4.69, 9.17) is 11.2 Å². The molecule has 0 radical (unpaired) electrons. The number of aromatic nitrogens is 7. The van der Waals surface area contributed by atoms with Crippen LogP contribution in [-0.4, -0.2) is 45.3 Å². The Labute approximate surface area is 184 Å². The molecular formula is C21H14N8O2S. The molecule has 0 aliphatic carbocycles. The van der Waals surface area contributed by atoms with E-state index in [-0.39, 0.29) is 5.16 Å². The van der Waals surface area contributed by atoms with Crippen LogP contribution in [0.3, 0.4) is 0 Å². The molecule has 5 rings (SSSR count). The molecular weight excluding hydrogens is 428 g/mol. The molecule has 0 saturated carbocycles. The molecule has 0 fully saturated rings. The molecule has 1 unspecified atom stereocenters. The summed E-state index contributed by atoms with van der Waals surface area (Å²) in [7, 11) is 0. The van der Waals surface area contributed by atoms with Gasteiger partial charge in [0.15, 0.2) is 11.5 Å². The number of ether oxygens (including phenoxy) is 1. The molecule has 1 atom stereocenters. The summed E-state index contributed by atoms with van der Waals surface area (Å²) >= 11 is -1.33. The molecule has 0 saturated heterocycles. The van der Waals surface area contributed by atoms with Crippen molar-refractivity contribution < 1.29 is 9.29 Å². The van der Waals surface area contributed by atoms with Gasteiger partial charge in [0.1, 0.15) is 41.4 Å². The minimum absolute atomic E-state index is 0.202. The summed E-state index contributed by atoms with van der Waals surface area (Å²) in [6.07, 6.45) is 13.4. The molecule has 4 heterocycles. The molecule has 1 N–H and O–H groups in total. The van der Waals surface area contributed by atoms with Crippen LogP contribution < -0.4 is 10.1 Å². The predicted octanol–water partition coefficient (Wildman–Crippen LogP) is 2.72. The van der Waals surface area contributed by atoms with Crippen molar-refractivity contribution in [2.75, 3.05) is 11.6 Å². The Morgan fingerprint density at radius 2 is 2.03 bits per heavy atom. The van der Waals surface area contributed by atoms with Gasteiger partial charge < -0.3 is 14.6 Å². The van der Waals surface area contributed by atoms with Crippen LogP contribution >= 0.6 is 0 Å². The number of fused-ring (bicyclic) bond motifs is 2. The Bertz CT molecular complexity index is 1490. The quantitative estimate of drug-likeness (QED) is 0.248. The zero-order valence-electron chi connectivity index (χ0n) is 16.6. The topological polar surface area (TPSA) is 126 Å². The number of nitrogens with one attached hydrogen (secondary N) is 1. The molecule has 0 aliphatic rings. The highest BCUT2D eigenvalue weighted by Gasteiger charge is 2.14. The fourth-order valence-electron chi connectivity index (χ4n) is 3.00. The summed E-state index contributed by atoms with van der Waals surface area (Å²) in [5.74, 6) is 4.18. The van der Waals surface area contributed by atoms with Crippen molar-refractivity contribution in [3.8, 4) is 23.8 Å². The van der Waals surface area contributed by atoms with E-state index in [1.165, 1.54) is 25.1 Å². The molecule has 0 aliphatic heterocycles. The minimum Gasteiger partial charge on any atom is -0.609 e. The molecule has 0 bridgehead atoms. The lowest BCUT2D eigenvalue weighted by Gasteiger charge is -2.12. The number of pyridine rings is 1. The van der Waals surface area contributed by atoms with Crippen LogP contribution in [0, 0.1) is 12.3 Å². The SMILES string of the molecule is C#Cc1cc(Nc2ncnc3cnc([S+](C)[O-])nc23)ccc1Oc1ccn2ncnc2c1. The van der Waals surface area contributed by atoms with Gasteiger partial charge in [0.25, 0.3) is 0 Å². The van der Waals surface area contributed by atoms with E-state index in [9.17, 15) is 4.55 Å². The van der Waals surface area contributed by atoms with Crippen molar-refractivity contribution in [3.63, 3.8) is 0 Å². The number of terminal acetylenes is 1. The lowest BCUT2D eigenvalue weighted by atomic mass is 10.2. The van der Waals surface area contributed by atoms with Gasteiger partial charge in [-0.1, -0.05) is 5.92 Å². The Hall–Kier alpha value is -4.27. The van der Waals surface area contributed by atoms with Gasteiger partial charge in [-0.2, -0.15) is 15.1 Å². The molecule has 10 nitrogen and oxygen atoms in total. The lowest BCUT2D eigenvalue weighted by Crippen LogP contribution is -2.06. The third kappa shape index (κ3) is 3.76. The highest BCUT2D eigenvalue weighted by molar-refractivity contribution is 7.90. The average Bonchev–Trinajstić information content (AvgIpc) is 3.28. The van der Waals surface area contributed by atoms with E-state index in [1.807, 2.05) is 0 Å². The molecule has 1 aromatic carbocycles. The first kappa shape index (κ1) is 19.7. The Morgan fingerprint density at radius 1 is 1.12 bits per heavy atom. The molecule has 0 spiro atoms. The van der Waals surface area contributed by atoms with Gasteiger partial charge in [-0.3, -0.25) is 0 Å². The maximum Gasteiger partial charge on any atom is 0.343 e. The smallest absolute Gasteiger partial charge is 0.343 e. The molecule has 156 valence electrons. The van der Waals surface area contributed by atoms with Gasteiger partial charge in [0, 0.05) is 29.1 Å². The zero-order valence-corrected chi connectivity index (χ0v) is 17.4. The van der Waals surface area contributed by atoms with Crippen molar-refractivity contribution in [3.05, 3.63) is 60.9 Å². The second-order valence-electron chi connectivity index (χ2n) is 6.57. The largest absolute Gasteiger partial charge is 0.609 e. The van der Waals surface area contributed by atoms with Gasteiger partial charge in [-0.25, -0.2) is 19.5 Å². The first-order valence-corrected chi connectivity index (χ1v) is 10.8. The van der Waals surface area contributed by atoms with Crippen molar-refractivity contribution in [2.45, 2.75) is 5.16 Å². The van der Waals surface area contributed by atoms with E-state index in [1.54, 1.807) is 41.0 Å². The van der Waals surface area contributed by atoms with Crippen molar-refractivity contribution >= 4 is 39.4 Å². The maximum absolute atomic E-state index is 11.8. The lowest BCUT2D eigenvalue weighted by molar-refractivity contribution is 0.481. The van der Waals surface area contributed by atoms with Gasteiger partial charge in [0.05, 0.1) is 11.8 Å². The summed E-state index contributed by atoms with van der Waals surface area (Å²) in [4.78, 5) is 21.0. The van der Waals surface area contributed by atoms with Crippen molar-refractivity contribution in [1.29, 1.82) is 0 Å². The molecule has 5 aromatic rings. The van der Waals surface area contributed by atoms with E-state index in [0.717, 1.165) is 0 Å². The molecule has 11 heteroatoms. The Kier molecular flexibility index (Phi) is 4.98. The van der Waals surface area contributed by atoms with Crippen LogP contribution in [0.4, 0.5) is 11.5 Å². The summed E-state index contributed by atoms with van der Waals surface area (Å²) in [6.45, 7) is 0. The van der Waals surface area contributed by atoms with E-state index in [0.29, 0.717) is 45.2 Å². The van der Waals surface area contributed by atoms with Gasteiger partial charge in [-0.05, 0) is 24.3 Å². The summed E-state index contributed by atoms with van der Waals surface area (Å²) in [5.41, 5.74) is 2.86. The third-order valence-corrected chi connectivity index (χ3v) is 5.20. The fourth-order valence-corrected chi connectivity index (χ4v) is 3.42. The highest BCUT2D eigenvalue weighted by atomic mass is 32.2. The number of nitrogens with zero attached hydrogens (tertiary/aromatic N) is 7. The van der Waals surface area contributed by atoms with Crippen LogP contribution in [0.5, 0.6) is 11.5 Å². The Morgan fingerprint density at radius 3 is 2.88 bits per heavy atom. The van der Waals surface area contributed by atoms with E-state index < -0.39 is 11.2 Å². The fraction of sp³-hybridized carbons (Fsp3) is 0.0476. The van der Waals surface area contributed by atoms with Gasteiger partial charge in [-0.15, -0.1) is 6.42 Å². The van der Waals surface area contributed by atoms with E-state index in [2.05, 4.69) is 41.3 Å². The highest BCUT2D eigenvalue weighted by Crippen LogP contribution is 2.30. The standard InChI is InChI=1S/C21H14N8O2S/c1-3-13-8-14(4-5-17(13)31-15-6-7-29-18(9-15)24-12-26-29)27-20-19-16(23-11-25-20)10-22-21(28-19)32(2)30/h1,4-12H,2H3,(H,23,25,27). The Balaban J connectivity index is 1.45. The van der Waals surface area contributed by atoms with Crippen LogP contribution in [0.1, 0.15) is 5.56 Å². The second-order valence-corrected chi connectivity index (χ2v) is 7.84. The number of benzene rings is 1. The summed E-state index contributed by atoms with van der Waals surface area (Å²) in [6, 6.07) is 8.87. The molecule has 4 aromatic heterocycles. The number of hydrogen-bond acceptors (Lipinski definition) is 9. The third-order valence-electron chi connectivity index (χ3n) is 4.49. The maximum atomic E-state index is 11.8. The normalized spacial score (nSPS) is 11.9. The van der Waals surface area contributed by atoms with Crippen molar-refractivity contribution in [2.24, 2.45) is 0 Å². The minimum atomic E-state index is -1.33. The van der Waals surface area contributed by atoms with Gasteiger partial charge in [0.2, 0.25) is 0 Å². The first-order chi connectivity index (χ1) is 15.6. The summed E-state index contributed by atoms with van der Waals surface area (Å²) in [5, 5.41) is 7.45. The van der Waals surface area contributed by atoms with Crippen molar-refractivity contribution in [1.82, 2.24) is 34.5 Å². The average molecular weight is 442 g/mol. The van der Waals surface area contributed by atoms with Crippen LogP contribution in [0.2, 0.25) is 0 Å². The van der Waals surface area contributed by atoms with Crippen LogP contribution in [0.25, 0.3) is 16.7 Å². The van der Waals surface area contributed by atoms with E-state index >= 15 is 0 Å². The van der Waals surface area contributed by atoms with Crippen LogP contribution in [0.15, 0.2) is 60.5 Å². The van der Waals surface area contributed by atoms with Crippen LogP contribution in [-0.2, 0) is 11.2 Å². The molecule has 32 heavy (non-hydrogen) atoms. The number of anilines is 2. The second kappa shape index (κ2) is 8.10. The molecule has 0 amide bonds. The zero-order chi connectivity index (χ0) is 22.1. The monoisotopic (exact) mass is 442 g/mol.